The molecular weight excluding hydrogens is 342 g/mol. The monoisotopic (exact) mass is 365 g/mol. The van der Waals surface area contributed by atoms with E-state index in [2.05, 4.69) is 66.0 Å². The number of ether oxygens (including phenoxy) is 1. The second-order valence-electron chi connectivity index (χ2n) is 6.57. The lowest BCUT2D eigenvalue weighted by atomic mass is 10.0. The van der Waals surface area contributed by atoms with Crippen LogP contribution in [0.15, 0.2) is 42.5 Å². The average Bonchev–Trinajstić information content (AvgIpc) is 3.17. The Morgan fingerprint density at radius 1 is 1.12 bits per heavy atom. The molecule has 134 valence electrons. The van der Waals surface area contributed by atoms with Crippen molar-refractivity contribution in [2.75, 3.05) is 25.6 Å². The van der Waals surface area contributed by atoms with Crippen molar-refractivity contribution >= 4 is 32.3 Å². The summed E-state index contributed by atoms with van der Waals surface area (Å²) in [4.78, 5) is 6.00. The maximum absolute atomic E-state index is 5.19. The number of fused-ring (bicyclic) bond motifs is 3. The fourth-order valence-electron chi connectivity index (χ4n) is 3.19. The molecule has 0 aliphatic heterocycles. The highest BCUT2D eigenvalue weighted by atomic mass is 32.1. The number of methoxy groups -OCH3 is 1. The maximum atomic E-state index is 5.19. The first-order valence-corrected chi connectivity index (χ1v) is 9.71. The summed E-state index contributed by atoms with van der Waals surface area (Å²) in [5.74, 6) is 1.07. The third kappa shape index (κ3) is 2.97. The van der Waals surface area contributed by atoms with E-state index in [9.17, 15) is 0 Å². The summed E-state index contributed by atoms with van der Waals surface area (Å²) in [6.45, 7) is 5.89. The first kappa shape index (κ1) is 17.1. The molecular formula is C21H23N3OS. The van der Waals surface area contributed by atoms with Gasteiger partial charge in [0.15, 0.2) is 4.96 Å². The Kier molecular flexibility index (Phi) is 4.66. The highest BCUT2D eigenvalue weighted by Crippen LogP contribution is 2.36. The second-order valence-corrected chi connectivity index (χ2v) is 7.58. The summed E-state index contributed by atoms with van der Waals surface area (Å²) in [5, 5.41) is 3.61. The minimum absolute atomic E-state index is 0.748. The standard InChI is InChI=1S/C21H23N3OS/c1-14-9-10-16(13-15(14)2)19-20(22-11-6-12-25-3)24-17-7-4-5-8-18(17)26-21(24)23-19/h4-5,7-10,13,22H,6,11-12H2,1-3H3. The molecule has 0 aliphatic carbocycles. The Morgan fingerprint density at radius 3 is 2.77 bits per heavy atom. The normalized spacial score (nSPS) is 11.5. The summed E-state index contributed by atoms with van der Waals surface area (Å²) < 4.78 is 8.69. The number of benzene rings is 2. The van der Waals surface area contributed by atoms with E-state index >= 15 is 0 Å². The van der Waals surface area contributed by atoms with E-state index in [1.54, 1.807) is 18.4 Å². The predicted molar refractivity (Wildman–Crippen MR) is 110 cm³/mol. The molecule has 2 aromatic heterocycles. The fourth-order valence-corrected chi connectivity index (χ4v) is 4.22. The van der Waals surface area contributed by atoms with Gasteiger partial charge < -0.3 is 10.1 Å². The Hall–Kier alpha value is -2.37. The zero-order valence-corrected chi connectivity index (χ0v) is 16.2. The van der Waals surface area contributed by atoms with E-state index < -0.39 is 0 Å². The molecule has 4 nitrogen and oxygen atoms in total. The van der Waals surface area contributed by atoms with Crippen molar-refractivity contribution in [3.63, 3.8) is 0 Å². The van der Waals surface area contributed by atoms with Gasteiger partial charge in [0.25, 0.3) is 0 Å². The van der Waals surface area contributed by atoms with Crippen molar-refractivity contribution in [2.45, 2.75) is 20.3 Å². The molecule has 0 atom stereocenters. The molecule has 2 aromatic carbocycles. The quantitative estimate of drug-likeness (QED) is 0.472. The first-order chi connectivity index (χ1) is 12.7. The lowest BCUT2D eigenvalue weighted by Gasteiger charge is -2.10. The van der Waals surface area contributed by atoms with Crippen molar-refractivity contribution in [1.82, 2.24) is 9.38 Å². The molecule has 0 saturated heterocycles. The van der Waals surface area contributed by atoms with E-state index in [-0.39, 0.29) is 0 Å². The van der Waals surface area contributed by atoms with E-state index in [1.165, 1.54) is 21.3 Å². The molecule has 0 unspecified atom stereocenters. The van der Waals surface area contributed by atoms with Gasteiger partial charge in [0.05, 0.1) is 10.2 Å². The molecule has 2 heterocycles. The van der Waals surface area contributed by atoms with Gasteiger partial charge in [-0.1, -0.05) is 35.6 Å². The topological polar surface area (TPSA) is 38.6 Å². The summed E-state index contributed by atoms with van der Waals surface area (Å²) in [5.41, 5.74) is 5.96. The van der Waals surface area contributed by atoms with Gasteiger partial charge in [0.1, 0.15) is 11.5 Å². The molecule has 4 rings (SSSR count). The van der Waals surface area contributed by atoms with Gasteiger partial charge in [-0.05, 0) is 49.6 Å². The van der Waals surface area contributed by atoms with Gasteiger partial charge in [-0.3, -0.25) is 4.40 Å². The van der Waals surface area contributed by atoms with Gasteiger partial charge in [-0.25, -0.2) is 4.98 Å². The zero-order valence-electron chi connectivity index (χ0n) is 15.4. The van der Waals surface area contributed by atoms with Crippen LogP contribution in [0, 0.1) is 13.8 Å². The molecule has 1 N–H and O–H groups in total. The number of aromatic nitrogens is 2. The van der Waals surface area contributed by atoms with Crippen LogP contribution in [-0.4, -0.2) is 29.6 Å². The molecule has 0 spiro atoms. The fraction of sp³-hybridized carbons (Fsp3) is 0.286. The number of imidazole rings is 1. The van der Waals surface area contributed by atoms with Crippen LogP contribution in [0.1, 0.15) is 17.5 Å². The van der Waals surface area contributed by atoms with E-state index in [1.807, 2.05) is 0 Å². The number of thiazole rings is 1. The van der Waals surface area contributed by atoms with E-state index in [0.29, 0.717) is 0 Å². The Balaban J connectivity index is 1.86. The van der Waals surface area contributed by atoms with Crippen LogP contribution in [0.5, 0.6) is 0 Å². The highest BCUT2D eigenvalue weighted by molar-refractivity contribution is 7.23. The van der Waals surface area contributed by atoms with Crippen LogP contribution in [-0.2, 0) is 4.74 Å². The minimum atomic E-state index is 0.748. The number of para-hydroxylation sites is 1. The molecule has 0 fully saturated rings. The number of anilines is 1. The third-order valence-electron chi connectivity index (χ3n) is 4.75. The number of hydrogen-bond donors (Lipinski definition) is 1. The summed E-state index contributed by atoms with van der Waals surface area (Å²) >= 11 is 1.73. The number of rotatable bonds is 6. The van der Waals surface area contributed by atoms with E-state index in [4.69, 9.17) is 9.72 Å². The molecule has 26 heavy (non-hydrogen) atoms. The maximum Gasteiger partial charge on any atom is 0.197 e. The van der Waals surface area contributed by atoms with Gasteiger partial charge in [0.2, 0.25) is 0 Å². The SMILES string of the molecule is COCCCNc1c(-c2ccc(C)c(C)c2)nc2sc3ccccc3n12. The summed E-state index contributed by atoms with van der Waals surface area (Å²) in [6, 6.07) is 15.0. The van der Waals surface area contributed by atoms with Crippen molar-refractivity contribution in [3.8, 4) is 11.3 Å². The first-order valence-electron chi connectivity index (χ1n) is 8.89. The largest absolute Gasteiger partial charge is 0.385 e. The van der Waals surface area contributed by atoms with E-state index in [0.717, 1.165) is 41.6 Å². The van der Waals surface area contributed by atoms with Crippen LogP contribution < -0.4 is 5.32 Å². The van der Waals surface area contributed by atoms with Crippen molar-refractivity contribution in [1.29, 1.82) is 0 Å². The molecule has 0 amide bonds. The summed E-state index contributed by atoms with van der Waals surface area (Å²) in [7, 11) is 1.74. The van der Waals surface area contributed by atoms with Crippen LogP contribution in [0.4, 0.5) is 5.82 Å². The van der Waals surface area contributed by atoms with Crippen molar-refractivity contribution in [2.24, 2.45) is 0 Å². The van der Waals surface area contributed by atoms with Crippen LogP contribution in [0.2, 0.25) is 0 Å². The summed E-state index contributed by atoms with van der Waals surface area (Å²) in [6.07, 6.45) is 0.957. The third-order valence-corrected chi connectivity index (χ3v) is 5.77. The van der Waals surface area contributed by atoms with Crippen molar-refractivity contribution < 1.29 is 4.74 Å². The van der Waals surface area contributed by atoms with Crippen LogP contribution in [0.25, 0.3) is 26.4 Å². The zero-order chi connectivity index (χ0) is 18.1. The van der Waals surface area contributed by atoms with Crippen LogP contribution in [0.3, 0.4) is 0 Å². The van der Waals surface area contributed by atoms with Crippen LogP contribution >= 0.6 is 11.3 Å². The molecule has 5 heteroatoms. The number of hydrogen-bond acceptors (Lipinski definition) is 4. The van der Waals surface area contributed by atoms with Gasteiger partial charge in [-0.2, -0.15) is 0 Å². The van der Waals surface area contributed by atoms with Crippen molar-refractivity contribution in [3.05, 3.63) is 53.6 Å². The second kappa shape index (κ2) is 7.09. The number of aryl methyl sites for hydroxylation is 2. The minimum Gasteiger partial charge on any atom is -0.385 e. The predicted octanol–water partition coefficient (Wildman–Crippen LogP) is 5.28. The lowest BCUT2D eigenvalue weighted by Crippen LogP contribution is -2.07. The highest BCUT2D eigenvalue weighted by Gasteiger charge is 2.18. The average molecular weight is 366 g/mol. The molecule has 0 saturated carbocycles. The Labute approximate surface area is 157 Å². The molecule has 0 bridgehead atoms. The van der Waals surface area contributed by atoms with Gasteiger partial charge in [0, 0.05) is 25.8 Å². The number of nitrogens with zero attached hydrogens (tertiary/aromatic N) is 2. The van der Waals surface area contributed by atoms with Gasteiger partial charge in [-0.15, -0.1) is 0 Å². The smallest absolute Gasteiger partial charge is 0.197 e. The van der Waals surface area contributed by atoms with Gasteiger partial charge >= 0.3 is 0 Å². The Morgan fingerprint density at radius 2 is 1.96 bits per heavy atom. The molecule has 4 aromatic rings. The number of nitrogens with one attached hydrogen (secondary N) is 1. The molecule has 0 radical (unpaired) electrons. The molecule has 0 aliphatic rings. The lowest BCUT2D eigenvalue weighted by molar-refractivity contribution is 0.198. The Bertz CT molecular complexity index is 1060.